The first-order valence-electron chi connectivity index (χ1n) is 13.6. The van der Waals surface area contributed by atoms with Crippen molar-refractivity contribution in [3.8, 4) is 0 Å². The largest absolute Gasteiger partial charge is 0.336 e. The summed E-state index contributed by atoms with van der Waals surface area (Å²) in [5.74, 6) is 0.166. The molecule has 6 heteroatoms. The third kappa shape index (κ3) is 10.0. The lowest BCUT2D eigenvalue weighted by Gasteiger charge is -2.32. The van der Waals surface area contributed by atoms with Gasteiger partial charge in [0, 0.05) is 49.4 Å². The molecule has 2 aromatic carbocycles. The van der Waals surface area contributed by atoms with E-state index in [-0.39, 0.29) is 5.91 Å². The average molecular weight is 509 g/mol. The second-order valence-corrected chi connectivity index (χ2v) is 10.6. The van der Waals surface area contributed by atoms with E-state index in [2.05, 4.69) is 75.9 Å². The van der Waals surface area contributed by atoms with E-state index in [0.717, 1.165) is 69.3 Å². The zero-order chi connectivity index (χ0) is 27.4. The zero-order valence-electron chi connectivity index (χ0n) is 24.1. The molecule has 2 aromatic rings. The standard InChI is InChI=1S/C18H29N3O.C13H19NO/c1-5-17(19(2)3)14-15-6-8-16(9-7-15)18(22)21-12-10-20(4)11-13-21;1-4-13(14(2)3)9-11-5-7-12(10-15)8-6-11/h6-9,17H,5,10-14H2,1-4H3;5-8,10,13H,4,9H2,1-3H3. The summed E-state index contributed by atoms with van der Waals surface area (Å²) in [4.78, 5) is 31.7. The van der Waals surface area contributed by atoms with Crippen LogP contribution in [0, 0.1) is 0 Å². The van der Waals surface area contributed by atoms with Crippen LogP contribution in [0.4, 0.5) is 0 Å². The molecule has 6 nitrogen and oxygen atoms in total. The van der Waals surface area contributed by atoms with E-state index in [1.165, 1.54) is 11.1 Å². The van der Waals surface area contributed by atoms with Gasteiger partial charge in [-0.25, -0.2) is 0 Å². The minimum Gasteiger partial charge on any atom is -0.336 e. The molecule has 0 aromatic heterocycles. The Morgan fingerprint density at radius 1 is 0.784 bits per heavy atom. The maximum Gasteiger partial charge on any atom is 0.253 e. The van der Waals surface area contributed by atoms with Gasteiger partial charge in [-0.1, -0.05) is 50.2 Å². The molecule has 1 amide bonds. The van der Waals surface area contributed by atoms with Crippen LogP contribution in [0.1, 0.15) is 58.5 Å². The van der Waals surface area contributed by atoms with Crippen molar-refractivity contribution in [2.24, 2.45) is 0 Å². The number of rotatable bonds is 10. The van der Waals surface area contributed by atoms with E-state index in [1.807, 2.05) is 41.3 Å². The van der Waals surface area contributed by atoms with E-state index in [1.54, 1.807) is 0 Å². The molecule has 0 N–H and O–H groups in total. The molecule has 2 unspecified atom stereocenters. The first-order chi connectivity index (χ1) is 17.7. The van der Waals surface area contributed by atoms with Gasteiger partial charge in [0.2, 0.25) is 0 Å². The fourth-order valence-electron chi connectivity index (χ4n) is 4.64. The van der Waals surface area contributed by atoms with Crippen molar-refractivity contribution in [3.63, 3.8) is 0 Å². The third-order valence-electron chi connectivity index (χ3n) is 7.45. The molecule has 37 heavy (non-hydrogen) atoms. The van der Waals surface area contributed by atoms with E-state index in [4.69, 9.17) is 0 Å². The molecule has 0 spiro atoms. The summed E-state index contributed by atoms with van der Waals surface area (Å²) in [6.07, 6.45) is 5.24. The number of hydrogen-bond acceptors (Lipinski definition) is 5. The van der Waals surface area contributed by atoms with Crippen molar-refractivity contribution in [1.29, 1.82) is 0 Å². The lowest BCUT2D eigenvalue weighted by atomic mass is 10.0. The summed E-state index contributed by atoms with van der Waals surface area (Å²) in [7, 11) is 10.6. The summed E-state index contributed by atoms with van der Waals surface area (Å²) in [5, 5.41) is 0. The highest BCUT2D eigenvalue weighted by atomic mass is 16.2. The molecule has 0 aliphatic carbocycles. The van der Waals surface area contributed by atoms with E-state index >= 15 is 0 Å². The van der Waals surface area contributed by atoms with Crippen molar-refractivity contribution >= 4 is 12.2 Å². The van der Waals surface area contributed by atoms with Crippen molar-refractivity contribution in [1.82, 2.24) is 19.6 Å². The quantitative estimate of drug-likeness (QED) is 0.447. The Morgan fingerprint density at radius 2 is 1.22 bits per heavy atom. The monoisotopic (exact) mass is 508 g/mol. The van der Waals surface area contributed by atoms with Gasteiger partial charge in [-0.05, 0) is 84.2 Å². The Hall–Kier alpha value is -2.54. The summed E-state index contributed by atoms with van der Waals surface area (Å²) < 4.78 is 0. The molecule has 1 saturated heterocycles. The van der Waals surface area contributed by atoms with Gasteiger partial charge in [0.25, 0.3) is 5.91 Å². The molecule has 3 rings (SSSR count). The van der Waals surface area contributed by atoms with Crippen LogP contribution in [0.2, 0.25) is 0 Å². The van der Waals surface area contributed by atoms with E-state index in [9.17, 15) is 9.59 Å². The van der Waals surface area contributed by atoms with Crippen LogP contribution in [-0.2, 0) is 12.8 Å². The maximum absolute atomic E-state index is 12.5. The fraction of sp³-hybridized carbons (Fsp3) is 0.548. The van der Waals surface area contributed by atoms with E-state index < -0.39 is 0 Å². The molecule has 204 valence electrons. The topological polar surface area (TPSA) is 47.1 Å². The normalized spacial score (nSPS) is 15.8. The van der Waals surface area contributed by atoms with Gasteiger partial charge >= 0.3 is 0 Å². The molecule has 2 atom stereocenters. The van der Waals surface area contributed by atoms with Crippen LogP contribution in [0.3, 0.4) is 0 Å². The lowest BCUT2D eigenvalue weighted by molar-refractivity contribution is 0.0664. The maximum atomic E-state index is 12.5. The van der Waals surface area contributed by atoms with Crippen molar-refractivity contribution in [2.45, 2.75) is 51.6 Å². The molecule has 1 heterocycles. The van der Waals surface area contributed by atoms with Gasteiger partial charge in [0.1, 0.15) is 6.29 Å². The minimum absolute atomic E-state index is 0.166. The molecule has 1 fully saturated rings. The van der Waals surface area contributed by atoms with Crippen LogP contribution in [0.25, 0.3) is 0 Å². The van der Waals surface area contributed by atoms with Crippen molar-refractivity contribution in [2.75, 3.05) is 61.4 Å². The Morgan fingerprint density at radius 3 is 1.59 bits per heavy atom. The molecular formula is C31H48N4O2. The lowest BCUT2D eigenvalue weighted by Crippen LogP contribution is -2.47. The zero-order valence-corrected chi connectivity index (χ0v) is 24.1. The van der Waals surface area contributed by atoms with Gasteiger partial charge in [-0.2, -0.15) is 0 Å². The van der Waals surface area contributed by atoms with Crippen LogP contribution >= 0.6 is 0 Å². The summed E-state index contributed by atoms with van der Waals surface area (Å²) in [5.41, 5.74) is 4.15. The second kappa shape index (κ2) is 15.7. The van der Waals surface area contributed by atoms with Crippen molar-refractivity contribution in [3.05, 3.63) is 70.8 Å². The first-order valence-corrected chi connectivity index (χ1v) is 13.6. The number of carbonyl (C=O) groups is 2. The highest BCUT2D eigenvalue weighted by Gasteiger charge is 2.20. The molecule has 1 aliphatic heterocycles. The predicted octanol–water partition coefficient (Wildman–Crippen LogP) is 4.34. The van der Waals surface area contributed by atoms with Gasteiger partial charge in [0.05, 0.1) is 0 Å². The number of likely N-dealkylation sites (N-methyl/N-ethyl adjacent to an activating group) is 3. The van der Waals surface area contributed by atoms with Crippen LogP contribution in [0.15, 0.2) is 48.5 Å². The van der Waals surface area contributed by atoms with Gasteiger partial charge in [-0.3, -0.25) is 9.59 Å². The minimum atomic E-state index is 0.166. The van der Waals surface area contributed by atoms with Crippen LogP contribution < -0.4 is 0 Å². The number of benzene rings is 2. The number of hydrogen-bond donors (Lipinski definition) is 0. The highest BCUT2D eigenvalue weighted by molar-refractivity contribution is 5.94. The Bertz CT molecular complexity index is 933. The summed E-state index contributed by atoms with van der Waals surface area (Å²) in [6.45, 7) is 8.00. The summed E-state index contributed by atoms with van der Waals surface area (Å²) >= 11 is 0. The summed E-state index contributed by atoms with van der Waals surface area (Å²) in [6, 6.07) is 17.1. The van der Waals surface area contributed by atoms with Gasteiger partial charge in [0.15, 0.2) is 0 Å². The molecular weight excluding hydrogens is 460 g/mol. The molecule has 0 radical (unpaired) electrons. The van der Waals surface area contributed by atoms with Crippen LogP contribution in [0.5, 0.6) is 0 Å². The number of aldehydes is 1. The fourth-order valence-corrected chi connectivity index (χ4v) is 4.64. The molecule has 0 saturated carbocycles. The van der Waals surface area contributed by atoms with Crippen molar-refractivity contribution < 1.29 is 9.59 Å². The van der Waals surface area contributed by atoms with Gasteiger partial charge < -0.3 is 19.6 Å². The molecule has 1 aliphatic rings. The Labute approximate surface area is 225 Å². The predicted molar refractivity (Wildman–Crippen MR) is 155 cm³/mol. The number of piperazine rings is 1. The Balaban J connectivity index is 0.000000281. The third-order valence-corrected chi connectivity index (χ3v) is 7.45. The number of amides is 1. The highest BCUT2D eigenvalue weighted by Crippen LogP contribution is 2.14. The number of carbonyl (C=O) groups excluding carboxylic acids is 2. The molecule has 0 bridgehead atoms. The van der Waals surface area contributed by atoms with E-state index in [0.29, 0.717) is 12.1 Å². The van der Waals surface area contributed by atoms with Gasteiger partial charge in [-0.15, -0.1) is 0 Å². The average Bonchev–Trinajstić information content (AvgIpc) is 2.91. The first kappa shape index (κ1) is 30.7. The number of nitrogens with zero attached hydrogens (tertiary/aromatic N) is 4. The Kier molecular flexibility index (Phi) is 13.0. The SMILES string of the molecule is CCC(Cc1ccc(C(=O)N2CCN(C)CC2)cc1)N(C)C.CCC(Cc1ccc(C=O)cc1)N(C)C. The second-order valence-electron chi connectivity index (χ2n) is 10.6. The van der Waals surface area contributed by atoms with Crippen LogP contribution in [-0.4, -0.2) is 105 Å². The smallest absolute Gasteiger partial charge is 0.253 e.